The third kappa shape index (κ3) is 0.848. The second-order valence-corrected chi connectivity index (χ2v) is 2.62. The van der Waals surface area contributed by atoms with Crippen LogP contribution in [0.2, 0.25) is 0 Å². The monoisotopic (exact) mass is 160 g/mol. The molecule has 0 saturated heterocycles. The molecule has 1 aliphatic rings. The lowest BCUT2D eigenvalue weighted by Gasteiger charge is -2.01. The first kappa shape index (κ1) is 7.10. The van der Waals surface area contributed by atoms with Gasteiger partial charge in [0.2, 0.25) is 0 Å². The highest BCUT2D eigenvalue weighted by atomic mass is 16.5. The lowest BCUT2D eigenvalue weighted by molar-refractivity contribution is 0.104. The summed E-state index contributed by atoms with van der Waals surface area (Å²) in [5, 5.41) is 0. The van der Waals surface area contributed by atoms with E-state index >= 15 is 0 Å². The summed E-state index contributed by atoms with van der Waals surface area (Å²) in [6, 6.07) is 7.43. The summed E-state index contributed by atoms with van der Waals surface area (Å²) in [5.41, 5.74) is 1.62. The number of hydrogen-bond acceptors (Lipinski definition) is 2. The Morgan fingerprint density at radius 2 is 1.83 bits per heavy atom. The summed E-state index contributed by atoms with van der Waals surface area (Å²) in [4.78, 5) is 11.3. The SMILES string of the molecule is COC1=CC(=O)c2ccccc21. The van der Waals surface area contributed by atoms with E-state index in [1.807, 2.05) is 18.2 Å². The van der Waals surface area contributed by atoms with Crippen molar-refractivity contribution in [1.29, 1.82) is 0 Å². The molecule has 0 aliphatic heterocycles. The van der Waals surface area contributed by atoms with Crippen molar-refractivity contribution in [3.05, 3.63) is 41.5 Å². The van der Waals surface area contributed by atoms with Crippen LogP contribution in [0.25, 0.3) is 5.76 Å². The maximum atomic E-state index is 11.3. The van der Waals surface area contributed by atoms with Crippen LogP contribution in [0.15, 0.2) is 30.3 Å². The minimum atomic E-state index is 0.0300. The van der Waals surface area contributed by atoms with Crippen molar-refractivity contribution in [3.63, 3.8) is 0 Å². The number of benzene rings is 1. The van der Waals surface area contributed by atoms with Crippen molar-refractivity contribution >= 4 is 11.5 Å². The molecule has 12 heavy (non-hydrogen) atoms. The van der Waals surface area contributed by atoms with Gasteiger partial charge in [-0.1, -0.05) is 24.3 Å². The molecule has 1 aromatic rings. The van der Waals surface area contributed by atoms with E-state index in [1.54, 1.807) is 13.2 Å². The van der Waals surface area contributed by atoms with Crippen molar-refractivity contribution in [2.24, 2.45) is 0 Å². The second kappa shape index (κ2) is 2.48. The average Bonchev–Trinajstić information content (AvgIpc) is 2.44. The molecule has 0 saturated carbocycles. The van der Waals surface area contributed by atoms with E-state index < -0.39 is 0 Å². The summed E-state index contributed by atoms with van der Waals surface area (Å²) in [7, 11) is 1.57. The van der Waals surface area contributed by atoms with Gasteiger partial charge in [-0.15, -0.1) is 0 Å². The normalized spacial score (nSPS) is 14.1. The molecule has 0 atom stereocenters. The minimum Gasteiger partial charge on any atom is -0.496 e. The quantitative estimate of drug-likeness (QED) is 0.626. The zero-order valence-electron chi connectivity index (χ0n) is 6.70. The Hall–Kier alpha value is -1.57. The predicted octanol–water partition coefficient (Wildman–Crippen LogP) is 1.87. The molecule has 0 bridgehead atoms. The molecule has 1 aromatic carbocycles. The molecular formula is C10H8O2. The van der Waals surface area contributed by atoms with Crippen LogP contribution in [0.5, 0.6) is 0 Å². The lowest BCUT2D eigenvalue weighted by atomic mass is 10.1. The standard InChI is InChI=1S/C10H8O2/c1-12-10-6-9(11)7-4-2-3-5-8(7)10/h2-6H,1H3. The number of ether oxygens (including phenoxy) is 1. The van der Waals surface area contributed by atoms with Crippen LogP contribution in [0.4, 0.5) is 0 Å². The minimum absolute atomic E-state index is 0.0300. The van der Waals surface area contributed by atoms with Gasteiger partial charge >= 0.3 is 0 Å². The number of carbonyl (C=O) groups is 1. The first-order chi connectivity index (χ1) is 5.83. The Kier molecular flexibility index (Phi) is 1.47. The molecule has 0 N–H and O–H groups in total. The van der Waals surface area contributed by atoms with Gasteiger partial charge in [0.15, 0.2) is 5.78 Å². The molecule has 0 radical (unpaired) electrons. The molecule has 0 amide bonds. The lowest BCUT2D eigenvalue weighted by Crippen LogP contribution is -1.90. The predicted molar refractivity (Wildman–Crippen MR) is 45.8 cm³/mol. The number of allylic oxidation sites excluding steroid dienone is 1. The molecule has 2 heteroatoms. The number of carbonyl (C=O) groups excluding carboxylic acids is 1. The molecule has 1 aliphatic carbocycles. The fourth-order valence-corrected chi connectivity index (χ4v) is 1.36. The van der Waals surface area contributed by atoms with Crippen molar-refractivity contribution in [3.8, 4) is 0 Å². The number of methoxy groups -OCH3 is 1. The van der Waals surface area contributed by atoms with Crippen LogP contribution >= 0.6 is 0 Å². The highest BCUT2D eigenvalue weighted by molar-refractivity contribution is 6.15. The van der Waals surface area contributed by atoms with E-state index in [2.05, 4.69) is 0 Å². The van der Waals surface area contributed by atoms with Gasteiger partial charge in [0, 0.05) is 17.2 Å². The van der Waals surface area contributed by atoms with Crippen LogP contribution < -0.4 is 0 Å². The average molecular weight is 160 g/mol. The molecular weight excluding hydrogens is 152 g/mol. The first-order valence-corrected chi connectivity index (χ1v) is 3.72. The summed E-state index contributed by atoms with van der Waals surface area (Å²) < 4.78 is 5.05. The van der Waals surface area contributed by atoms with E-state index in [4.69, 9.17) is 4.74 Å². The summed E-state index contributed by atoms with van der Waals surface area (Å²) >= 11 is 0. The van der Waals surface area contributed by atoms with E-state index in [0.29, 0.717) is 5.76 Å². The largest absolute Gasteiger partial charge is 0.496 e. The maximum Gasteiger partial charge on any atom is 0.190 e. The molecule has 0 unspecified atom stereocenters. The van der Waals surface area contributed by atoms with Crippen molar-refractivity contribution < 1.29 is 9.53 Å². The first-order valence-electron chi connectivity index (χ1n) is 3.72. The molecule has 60 valence electrons. The molecule has 0 fully saturated rings. The van der Waals surface area contributed by atoms with Crippen molar-refractivity contribution in [2.45, 2.75) is 0 Å². The third-order valence-electron chi connectivity index (χ3n) is 1.94. The maximum absolute atomic E-state index is 11.3. The molecule has 2 rings (SSSR count). The second-order valence-electron chi connectivity index (χ2n) is 2.62. The Balaban J connectivity index is 2.60. The number of fused-ring (bicyclic) bond motifs is 1. The number of hydrogen-bond donors (Lipinski definition) is 0. The van der Waals surface area contributed by atoms with E-state index in [9.17, 15) is 4.79 Å². The van der Waals surface area contributed by atoms with Gasteiger partial charge in [0.05, 0.1) is 7.11 Å². The van der Waals surface area contributed by atoms with Gasteiger partial charge in [0.25, 0.3) is 0 Å². The Labute approximate surface area is 70.5 Å². The summed E-state index contributed by atoms with van der Waals surface area (Å²) in [5.74, 6) is 0.693. The highest BCUT2D eigenvalue weighted by Crippen LogP contribution is 2.26. The van der Waals surface area contributed by atoms with Crippen LogP contribution in [-0.4, -0.2) is 12.9 Å². The third-order valence-corrected chi connectivity index (χ3v) is 1.94. The summed E-state index contributed by atoms with van der Waals surface area (Å²) in [6.45, 7) is 0. The fourth-order valence-electron chi connectivity index (χ4n) is 1.36. The van der Waals surface area contributed by atoms with Gasteiger partial charge in [0.1, 0.15) is 5.76 Å². The Morgan fingerprint density at radius 3 is 2.50 bits per heavy atom. The van der Waals surface area contributed by atoms with Gasteiger partial charge < -0.3 is 4.74 Å². The van der Waals surface area contributed by atoms with Crippen molar-refractivity contribution in [2.75, 3.05) is 7.11 Å². The van der Waals surface area contributed by atoms with Gasteiger partial charge in [-0.3, -0.25) is 4.79 Å². The Bertz CT molecular complexity index is 364. The van der Waals surface area contributed by atoms with Crippen LogP contribution in [0, 0.1) is 0 Å². The smallest absolute Gasteiger partial charge is 0.190 e. The zero-order valence-corrected chi connectivity index (χ0v) is 6.70. The van der Waals surface area contributed by atoms with Crippen LogP contribution in [0.1, 0.15) is 15.9 Å². The topological polar surface area (TPSA) is 26.3 Å². The van der Waals surface area contributed by atoms with Crippen LogP contribution in [-0.2, 0) is 4.74 Å². The zero-order chi connectivity index (χ0) is 8.55. The number of rotatable bonds is 1. The van der Waals surface area contributed by atoms with Crippen molar-refractivity contribution in [1.82, 2.24) is 0 Å². The van der Waals surface area contributed by atoms with Gasteiger partial charge in [-0.25, -0.2) is 0 Å². The fraction of sp³-hybridized carbons (Fsp3) is 0.100. The van der Waals surface area contributed by atoms with E-state index in [-0.39, 0.29) is 5.78 Å². The molecule has 0 aromatic heterocycles. The Morgan fingerprint density at radius 1 is 1.17 bits per heavy atom. The number of ketones is 1. The highest BCUT2D eigenvalue weighted by Gasteiger charge is 2.20. The van der Waals surface area contributed by atoms with E-state index in [0.717, 1.165) is 11.1 Å². The molecule has 2 nitrogen and oxygen atoms in total. The van der Waals surface area contributed by atoms with Gasteiger partial charge in [-0.2, -0.15) is 0 Å². The van der Waals surface area contributed by atoms with E-state index in [1.165, 1.54) is 6.08 Å². The van der Waals surface area contributed by atoms with Crippen LogP contribution in [0.3, 0.4) is 0 Å². The molecule has 0 spiro atoms. The summed E-state index contributed by atoms with van der Waals surface area (Å²) in [6.07, 6.45) is 1.52. The van der Waals surface area contributed by atoms with Gasteiger partial charge in [-0.05, 0) is 0 Å². The molecule has 0 heterocycles.